The molecule has 2 amide bonds. The molecule has 0 fully saturated rings. The van der Waals surface area contributed by atoms with Crippen molar-refractivity contribution < 1.29 is 34.0 Å². The standard InChI is InChI=1S/C24H40N2O7/c1-23(2,3)32-21(29)25-14-18(26-22(30)33-24(4,5)6)9-7-8-17-10-12-20(13-11-17)31-16-19(28)15-27/h10-13,18-19,27-28H,7-9,14-16H2,1-6H3,(H,25,29)(H,26,30). The molecule has 0 saturated carbocycles. The summed E-state index contributed by atoms with van der Waals surface area (Å²) in [6.07, 6.45) is 0.160. The molecule has 0 heterocycles. The molecule has 9 nitrogen and oxygen atoms in total. The minimum atomic E-state index is -0.909. The van der Waals surface area contributed by atoms with E-state index in [1.54, 1.807) is 53.7 Å². The first kappa shape index (κ1) is 28.5. The number of aliphatic hydroxyl groups is 2. The van der Waals surface area contributed by atoms with Crippen LogP contribution >= 0.6 is 0 Å². The van der Waals surface area contributed by atoms with Crippen molar-refractivity contribution in [1.29, 1.82) is 0 Å². The van der Waals surface area contributed by atoms with E-state index in [9.17, 15) is 14.7 Å². The van der Waals surface area contributed by atoms with Crippen LogP contribution in [0.2, 0.25) is 0 Å². The first-order chi connectivity index (χ1) is 15.3. The Morgan fingerprint density at radius 2 is 1.55 bits per heavy atom. The molecular formula is C24H40N2O7. The third-order valence-electron chi connectivity index (χ3n) is 4.21. The van der Waals surface area contributed by atoms with Crippen LogP contribution in [0.25, 0.3) is 0 Å². The van der Waals surface area contributed by atoms with Crippen LogP contribution in [0.1, 0.15) is 59.9 Å². The zero-order valence-corrected chi connectivity index (χ0v) is 20.6. The van der Waals surface area contributed by atoms with Gasteiger partial charge >= 0.3 is 12.2 Å². The Balaban J connectivity index is 2.59. The smallest absolute Gasteiger partial charge is 0.407 e. The van der Waals surface area contributed by atoms with Gasteiger partial charge in [0, 0.05) is 12.6 Å². The van der Waals surface area contributed by atoms with Crippen molar-refractivity contribution in [2.45, 2.75) is 84.2 Å². The predicted octanol–water partition coefficient (Wildman–Crippen LogP) is 3.16. The van der Waals surface area contributed by atoms with E-state index in [-0.39, 0.29) is 25.8 Å². The summed E-state index contributed by atoms with van der Waals surface area (Å²) in [6, 6.07) is 7.14. The number of amides is 2. The van der Waals surface area contributed by atoms with Gasteiger partial charge in [0.2, 0.25) is 0 Å². The van der Waals surface area contributed by atoms with Gasteiger partial charge in [-0.25, -0.2) is 9.59 Å². The quantitative estimate of drug-likeness (QED) is 0.393. The summed E-state index contributed by atoms with van der Waals surface area (Å²) in [4.78, 5) is 24.2. The lowest BCUT2D eigenvalue weighted by Gasteiger charge is -2.25. The summed E-state index contributed by atoms with van der Waals surface area (Å²) in [5.74, 6) is 0.609. The van der Waals surface area contributed by atoms with Crippen LogP contribution < -0.4 is 15.4 Å². The van der Waals surface area contributed by atoms with Gasteiger partial charge in [-0.1, -0.05) is 12.1 Å². The highest BCUT2D eigenvalue weighted by atomic mass is 16.6. The van der Waals surface area contributed by atoms with Crippen molar-refractivity contribution >= 4 is 12.2 Å². The molecule has 0 saturated heterocycles. The Morgan fingerprint density at radius 1 is 0.970 bits per heavy atom. The van der Waals surface area contributed by atoms with E-state index in [0.29, 0.717) is 12.2 Å². The van der Waals surface area contributed by atoms with Crippen LogP contribution in [0.15, 0.2) is 24.3 Å². The molecule has 33 heavy (non-hydrogen) atoms. The summed E-state index contributed by atoms with van der Waals surface area (Å²) in [7, 11) is 0. The molecule has 0 aliphatic carbocycles. The van der Waals surface area contributed by atoms with Crippen molar-refractivity contribution in [3.05, 3.63) is 29.8 Å². The fraction of sp³-hybridized carbons (Fsp3) is 0.667. The number of rotatable bonds is 11. The Morgan fingerprint density at radius 3 is 2.09 bits per heavy atom. The van der Waals surface area contributed by atoms with Gasteiger partial charge < -0.3 is 35.1 Å². The van der Waals surface area contributed by atoms with Crippen LogP contribution in [0.3, 0.4) is 0 Å². The number of hydrogen-bond acceptors (Lipinski definition) is 7. The van der Waals surface area contributed by atoms with Gasteiger partial charge in [0.15, 0.2) is 0 Å². The minimum Gasteiger partial charge on any atom is -0.491 e. The summed E-state index contributed by atoms with van der Waals surface area (Å²) in [6.45, 7) is 10.6. The van der Waals surface area contributed by atoms with Gasteiger partial charge in [0.25, 0.3) is 0 Å². The number of alkyl carbamates (subject to hydrolysis) is 2. The molecule has 0 bridgehead atoms. The Bertz CT molecular complexity index is 724. The van der Waals surface area contributed by atoms with Crippen molar-refractivity contribution in [2.24, 2.45) is 0 Å². The van der Waals surface area contributed by atoms with Gasteiger partial charge in [-0.15, -0.1) is 0 Å². The molecule has 4 N–H and O–H groups in total. The number of hydrogen-bond donors (Lipinski definition) is 4. The Labute approximate surface area is 196 Å². The second-order valence-electron chi connectivity index (χ2n) is 9.91. The average Bonchev–Trinajstić information content (AvgIpc) is 2.68. The molecule has 188 valence electrons. The molecule has 1 aromatic rings. The number of aliphatic hydroxyl groups excluding tert-OH is 2. The minimum absolute atomic E-state index is 0.0263. The van der Waals surface area contributed by atoms with E-state index >= 15 is 0 Å². The third-order valence-corrected chi connectivity index (χ3v) is 4.21. The Kier molecular flexibility index (Phi) is 11.4. The van der Waals surface area contributed by atoms with Crippen LogP contribution in [0.4, 0.5) is 9.59 Å². The van der Waals surface area contributed by atoms with Gasteiger partial charge in [-0.3, -0.25) is 0 Å². The zero-order valence-electron chi connectivity index (χ0n) is 20.6. The third kappa shape index (κ3) is 14.3. The molecule has 0 radical (unpaired) electrons. The monoisotopic (exact) mass is 468 g/mol. The molecule has 0 aliphatic heterocycles. The SMILES string of the molecule is CC(C)(C)OC(=O)NCC(CCCc1ccc(OCC(O)CO)cc1)NC(=O)OC(C)(C)C. The van der Waals surface area contributed by atoms with Crippen molar-refractivity contribution in [2.75, 3.05) is 19.8 Å². The maximum absolute atomic E-state index is 12.2. The average molecular weight is 469 g/mol. The number of ether oxygens (including phenoxy) is 3. The van der Waals surface area contributed by atoms with E-state index in [1.807, 2.05) is 12.1 Å². The highest BCUT2D eigenvalue weighted by Crippen LogP contribution is 2.15. The molecule has 2 atom stereocenters. The normalized spacial score (nSPS) is 13.6. The highest BCUT2D eigenvalue weighted by molar-refractivity contribution is 5.69. The molecule has 9 heteroatoms. The van der Waals surface area contributed by atoms with Gasteiger partial charge in [-0.05, 0) is 78.5 Å². The first-order valence-corrected chi connectivity index (χ1v) is 11.2. The summed E-state index contributed by atoms with van der Waals surface area (Å²) >= 11 is 0. The maximum atomic E-state index is 12.2. The Hall–Kier alpha value is -2.52. The van der Waals surface area contributed by atoms with Crippen molar-refractivity contribution in [3.63, 3.8) is 0 Å². The lowest BCUT2D eigenvalue weighted by Crippen LogP contribution is -2.46. The van der Waals surface area contributed by atoms with Gasteiger partial charge in [0.05, 0.1) is 6.61 Å². The van der Waals surface area contributed by atoms with E-state index in [1.165, 1.54) is 0 Å². The number of carbonyl (C=O) groups is 2. The van der Waals surface area contributed by atoms with E-state index in [4.69, 9.17) is 19.3 Å². The number of aryl methyl sites for hydroxylation is 1. The fourth-order valence-corrected chi connectivity index (χ4v) is 2.77. The second kappa shape index (κ2) is 13.3. The van der Waals surface area contributed by atoms with E-state index in [0.717, 1.165) is 18.4 Å². The van der Waals surface area contributed by atoms with Crippen LogP contribution in [-0.4, -0.2) is 65.5 Å². The second-order valence-corrected chi connectivity index (χ2v) is 9.91. The van der Waals surface area contributed by atoms with E-state index in [2.05, 4.69) is 10.6 Å². The number of carbonyl (C=O) groups excluding carboxylic acids is 2. The van der Waals surface area contributed by atoms with Crippen LogP contribution in [-0.2, 0) is 15.9 Å². The number of benzene rings is 1. The van der Waals surface area contributed by atoms with Crippen LogP contribution in [0.5, 0.6) is 5.75 Å². The topological polar surface area (TPSA) is 126 Å². The van der Waals surface area contributed by atoms with Crippen molar-refractivity contribution in [1.82, 2.24) is 10.6 Å². The molecule has 0 aromatic heterocycles. The molecule has 0 spiro atoms. The lowest BCUT2D eigenvalue weighted by molar-refractivity contribution is 0.0460. The van der Waals surface area contributed by atoms with E-state index < -0.39 is 29.5 Å². The summed E-state index contributed by atoms with van der Waals surface area (Å²) in [5, 5.41) is 23.7. The molecule has 1 aromatic carbocycles. The van der Waals surface area contributed by atoms with Crippen molar-refractivity contribution in [3.8, 4) is 5.75 Å². The lowest BCUT2D eigenvalue weighted by atomic mass is 10.0. The van der Waals surface area contributed by atoms with Gasteiger partial charge in [0.1, 0.15) is 29.7 Å². The summed E-state index contributed by atoms with van der Waals surface area (Å²) in [5.41, 5.74) is -0.143. The predicted molar refractivity (Wildman–Crippen MR) is 125 cm³/mol. The highest BCUT2D eigenvalue weighted by Gasteiger charge is 2.21. The van der Waals surface area contributed by atoms with Gasteiger partial charge in [-0.2, -0.15) is 0 Å². The largest absolute Gasteiger partial charge is 0.491 e. The molecular weight excluding hydrogens is 428 g/mol. The molecule has 0 aliphatic rings. The maximum Gasteiger partial charge on any atom is 0.407 e. The van der Waals surface area contributed by atoms with Crippen LogP contribution in [0, 0.1) is 0 Å². The number of nitrogens with one attached hydrogen (secondary N) is 2. The first-order valence-electron chi connectivity index (χ1n) is 11.2. The molecule has 2 unspecified atom stereocenters. The summed E-state index contributed by atoms with van der Waals surface area (Å²) < 4.78 is 16.0. The molecule has 1 rings (SSSR count). The zero-order chi connectivity index (χ0) is 25.1. The fourth-order valence-electron chi connectivity index (χ4n) is 2.77.